The number of phenols is 1. The predicted octanol–water partition coefficient (Wildman–Crippen LogP) is 7.06. The summed E-state index contributed by atoms with van der Waals surface area (Å²) in [5.41, 5.74) is 0.437. The molecule has 0 aliphatic rings. The molecule has 0 fully saturated rings. The molecule has 0 saturated heterocycles. The average Bonchev–Trinajstić information content (AvgIpc) is 2.74. The Bertz CT molecular complexity index is 940. The number of aromatic hydroxyl groups is 1. The maximum Gasteiger partial charge on any atom is 0.272 e. The van der Waals surface area contributed by atoms with Crippen molar-refractivity contribution in [2.75, 3.05) is 0 Å². The largest absolute Gasteiger partial charge is 0.508 e. The summed E-state index contributed by atoms with van der Waals surface area (Å²) < 4.78 is 69.6. The van der Waals surface area contributed by atoms with Crippen molar-refractivity contribution in [1.82, 2.24) is 0 Å². The van der Waals surface area contributed by atoms with E-state index in [1.165, 1.54) is 19.1 Å². The normalized spacial score (nSPS) is 14.3. The monoisotopic (exact) mass is 520 g/mol. The molecule has 1 aromatic carbocycles. The van der Waals surface area contributed by atoms with Crippen LogP contribution in [0.3, 0.4) is 0 Å². The van der Waals surface area contributed by atoms with E-state index in [-0.39, 0.29) is 35.3 Å². The summed E-state index contributed by atoms with van der Waals surface area (Å²) in [5, 5.41) is 7.62. The lowest BCUT2D eigenvalue weighted by atomic mass is 9.91. The van der Waals surface area contributed by atoms with Crippen molar-refractivity contribution in [2.45, 2.75) is 121 Å². The van der Waals surface area contributed by atoms with Gasteiger partial charge in [0.05, 0.1) is 0 Å². The van der Waals surface area contributed by atoms with Crippen molar-refractivity contribution in [2.24, 2.45) is 0 Å². The van der Waals surface area contributed by atoms with Crippen LogP contribution in [0.25, 0.3) is 0 Å². The summed E-state index contributed by atoms with van der Waals surface area (Å²) in [4.78, 5) is 0. The lowest BCUT2D eigenvalue weighted by molar-refractivity contribution is 0.446. The van der Waals surface area contributed by atoms with E-state index < -0.39 is 30.7 Å². The van der Waals surface area contributed by atoms with Crippen LogP contribution < -0.4 is 0 Å². The van der Waals surface area contributed by atoms with E-state index in [2.05, 4.69) is 13.8 Å². The van der Waals surface area contributed by atoms with Gasteiger partial charge in [0.15, 0.2) is 0 Å². The third-order valence-corrected chi connectivity index (χ3v) is 8.95. The molecule has 1 aromatic rings. The standard InChI is InChI=1S/C25H44O7S2/c1-4-6-8-10-12-14-16-23(33(27,28)29)21-18-19-22(26)20(3)25(21)24(34(30,31)32)17-15-13-11-9-7-5-2/h18-19,23-24,26H,4-17H2,1-3H3,(H,27,28,29)(H,30,31,32). The molecule has 0 spiro atoms. The fourth-order valence-corrected chi connectivity index (χ4v) is 6.64. The Morgan fingerprint density at radius 2 is 1.09 bits per heavy atom. The average molecular weight is 521 g/mol. The van der Waals surface area contributed by atoms with E-state index in [4.69, 9.17) is 0 Å². The number of hydrogen-bond acceptors (Lipinski definition) is 5. The molecule has 7 nitrogen and oxygen atoms in total. The minimum atomic E-state index is -4.58. The highest BCUT2D eigenvalue weighted by Gasteiger charge is 2.35. The Kier molecular flexibility index (Phi) is 13.7. The fraction of sp³-hybridized carbons (Fsp3) is 0.760. The molecular formula is C25H44O7S2. The van der Waals surface area contributed by atoms with Crippen molar-refractivity contribution in [3.8, 4) is 5.75 Å². The number of unbranched alkanes of at least 4 members (excludes halogenated alkanes) is 10. The first-order valence-electron chi connectivity index (χ1n) is 12.7. The third-order valence-electron chi connectivity index (χ3n) is 6.55. The third kappa shape index (κ3) is 10.2. The molecule has 0 amide bonds. The molecule has 0 aliphatic carbocycles. The van der Waals surface area contributed by atoms with Crippen LogP contribution in [0.2, 0.25) is 0 Å². The van der Waals surface area contributed by atoms with Gasteiger partial charge < -0.3 is 5.11 Å². The van der Waals surface area contributed by atoms with Gasteiger partial charge in [-0.1, -0.05) is 97.0 Å². The van der Waals surface area contributed by atoms with Gasteiger partial charge in [-0.15, -0.1) is 0 Å². The van der Waals surface area contributed by atoms with Crippen LogP contribution in [0.1, 0.15) is 131 Å². The lowest BCUT2D eigenvalue weighted by Crippen LogP contribution is -2.20. The van der Waals surface area contributed by atoms with Crippen LogP contribution >= 0.6 is 0 Å². The molecule has 0 radical (unpaired) electrons. The second-order valence-corrected chi connectivity index (χ2v) is 12.5. The smallest absolute Gasteiger partial charge is 0.272 e. The molecule has 0 heterocycles. The molecule has 0 aliphatic heterocycles. The van der Waals surface area contributed by atoms with Gasteiger partial charge in [-0.3, -0.25) is 9.11 Å². The molecular weight excluding hydrogens is 476 g/mol. The van der Waals surface area contributed by atoms with E-state index in [1.54, 1.807) is 0 Å². The van der Waals surface area contributed by atoms with Gasteiger partial charge in [-0.05, 0) is 42.5 Å². The second-order valence-electron chi connectivity index (χ2n) is 9.33. The Morgan fingerprint density at radius 3 is 1.53 bits per heavy atom. The molecule has 1 rings (SSSR count). The van der Waals surface area contributed by atoms with Gasteiger partial charge in [-0.2, -0.15) is 16.8 Å². The molecule has 0 aromatic heterocycles. The summed E-state index contributed by atoms with van der Waals surface area (Å²) in [6.45, 7) is 5.73. The number of phenolic OH excluding ortho intramolecular Hbond substituents is 1. The molecule has 9 heteroatoms. The maximum absolute atomic E-state index is 12.4. The van der Waals surface area contributed by atoms with Gasteiger partial charge in [-0.25, -0.2) is 0 Å². The highest BCUT2D eigenvalue weighted by molar-refractivity contribution is 7.86. The SMILES string of the molecule is CCCCCCCCC(c1ccc(O)c(C)c1C(CCCCCCCC)S(=O)(=O)O)S(=O)(=O)O. The van der Waals surface area contributed by atoms with E-state index in [0.717, 1.165) is 64.2 Å². The minimum Gasteiger partial charge on any atom is -0.508 e. The maximum atomic E-state index is 12.4. The number of hydrogen-bond donors (Lipinski definition) is 3. The lowest BCUT2D eigenvalue weighted by Gasteiger charge is -2.25. The summed E-state index contributed by atoms with van der Waals surface area (Å²) in [7, 11) is -9.12. The van der Waals surface area contributed by atoms with E-state index in [9.17, 15) is 31.0 Å². The van der Waals surface area contributed by atoms with E-state index in [0.29, 0.717) is 12.8 Å². The fourth-order valence-electron chi connectivity index (χ4n) is 4.57. The zero-order chi connectivity index (χ0) is 25.8. The molecule has 198 valence electrons. The summed E-state index contributed by atoms with van der Waals surface area (Å²) >= 11 is 0. The Labute approximate surface area is 206 Å². The minimum absolute atomic E-state index is 0.0877. The van der Waals surface area contributed by atoms with Crippen molar-refractivity contribution in [3.63, 3.8) is 0 Å². The Balaban J connectivity index is 3.26. The van der Waals surface area contributed by atoms with E-state index in [1.807, 2.05) is 0 Å². The van der Waals surface area contributed by atoms with Crippen LogP contribution in [0.4, 0.5) is 0 Å². The van der Waals surface area contributed by atoms with Gasteiger partial charge in [0.2, 0.25) is 0 Å². The Morgan fingerprint density at radius 1 is 0.676 bits per heavy atom. The van der Waals surface area contributed by atoms with Crippen molar-refractivity contribution in [3.05, 3.63) is 28.8 Å². The Hall–Kier alpha value is -1.16. The summed E-state index contributed by atoms with van der Waals surface area (Å²) in [6.07, 6.45) is 11.3. The first kappa shape index (κ1) is 30.9. The highest BCUT2D eigenvalue weighted by atomic mass is 32.2. The van der Waals surface area contributed by atoms with Crippen LogP contribution in [0, 0.1) is 6.92 Å². The quantitative estimate of drug-likeness (QED) is 0.139. The van der Waals surface area contributed by atoms with Gasteiger partial charge >= 0.3 is 0 Å². The molecule has 0 saturated carbocycles. The molecule has 34 heavy (non-hydrogen) atoms. The van der Waals surface area contributed by atoms with Gasteiger partial charge in [0.25, 0.3) is 20.2 Å². The topological polar surface area (TPSA) is 129 Å². The summed E-state index contributed by atoms with van der Waals surface area (Å²) in [6, 6.07) is 2.69. The molecule has 3 N–H and O–H groups in total. The number of rotatable bonds is 18. The molecule has 2 unspecified atom stereocenters. The van der Waals surface area contributed by atoms with Crippen molar-refractivity contribution in [1.29, 1.82) is 0 Å². The van der Waals surface area contributed by atoms with Crippen LogP contribution in [-0.2, 0) is 20.2 Å². The number of benzene rings is 1. The van der Waals surface area contributed by atoms with Crippen LogP contribution in [0.15, 0.2) is 12.1 Å². The first-order valence-corrected chi connectivity index (χ1v) is 15.7. The highest BCUT2D eigenvalue weighted by Crippen LogP contribution is 2.41. The van der Waals surface area contributed by atoms with Gasteiger partial charge in [0.1, 0.15) is 16.2 Å². The zero-order valence-electron chi connectivity index (χ0n) is 21.0. The van der Waals surface area contributed by atoms with Crippen molar-refractivity contribution >= 4 is 20.2 Å². The van der Waals surface area contributed by atoms with Crippen LogP contribution in [0.5, 0.6) is 5.75 Å². The first-order chi connectivity index (χ1) is 15.9. The predicted molar refractivity (Wildman–Crippen MR) is 137 cm³/mol. The van der Waals surface area contributed by atoms with Crippen molar-refractivity contribution < 1.29 is 31.0 Å². The second kappa shape index (κ2) is 15.1. The molecule has 0 bridgehead atoms. The van der Waals surface area contributed by atoms with Gasteiger partial charge in [0, 0.05) is 0 Å². The summed E-state index contributed by atoms with van der Waals surface area (Å²) in [5.74, 6) is -0.177. The van der Waals surface area contributed by atoms with Crippen LogP contribution in [-0.4, -0.2) is 31.0 Å². The molecule has 2 atom stereocenters. The zero-order valence-corrected chi connectivity index (χ0v) is 22.6. The van der Waals surface area contributed by atoms with E-state index >= 15 is 0 Å².